The van der Waals surface area contributed by atoms with Gasteiger partial charge in [0.05, 0.1) is 18.8 Å². The van der Waals surface area contributed by atoms with Crippen molar-refractivity contribution in [1.29, 1.82) is 0 Å². The van der Waals surface area contributed by atoms with Crippen molar-refractivity contribution in [2.24, 2.45) is 4.99 Å². The average molecular weight is 529 g/mol. The molecule has 27 heavy (non-hydrogen) atoms. The molecule has 0 aliphatic carbocycles. The Morgan fingerprint density at radius 1 is 1.26 bits per heavy atom. The lowest BCUT2D eigenvalue weighted by Gasteiger charge is -2.36. The molecule has 1 amide bonds. The third-order valence-corrected chi connectivity index (χ3v) is 5.14. The first-order valence-corrected chi connectivity index (χ1v) is 11.0. The number of benzene rings is 1. The Morgan fingerprint density at radius 2 is 1.93 bits per heavy atom. The highest BCUT2D eigenvalue weighted by molar-refractivity contribution is 14.0. The summed E-state index contributed by atoms with van der Waals surface area (Å²) in [6.45, 7) is 4.76. The van der Waals surface area contributed by atoms with Gasteiger partial charge in [-0.25, -0.2) is 8.42 Å². The maximum absolute atomic E-state index is 12.5. The van der Waals surface area contributed by atoms with E-state index in [9.17, 15) is 13.2 Å². The van der Waals surface area contributed by atoms with Crippen LogP contribution in [0.5, 0.6) is 0 Å². The fourth-order valence-corrected chi connectivity index (χ4v) is 3.16. The minimum absolute atomic E-state index is 0. The van der Waals surface area contributed by atoms with Crippen LogP contribution < -0.4 is 5.32 Å². The van der Waals surface area contributed by atoms with Crippen LogP contribution in [0.1, 0.15) is 12.5 Å². The van der Waals surface area contributed by atoms with E-state index in [1.165, 1.54) is 6.26 Å². The quantitative estimate of drug-likeness (QED) is 0.345. The molecule has 1 aliphatic heterocycles. The first kappa shape index (κ1) is 24.0. The Hall–Kier alpha value is -1.07. The second-order valence-corrected chi connectivity index (χ2v) is 8.93. The smallest absolute Gasteiger partial charge is 0.242 e. The predicted molar refractivity (Wildman–Crippen MR) is 120 cm³/mol. The number of amides is 1. The number of nitrogens with zero attached hydrogens (tertiary/aromatic N) is 3. The topological polar surface area (TPSA) is 82.1 Å². The van der Waals surface area contributed by atoms with Crippen LogP contribution in [0.15, 0.2) is 29.3 Å². The third-order valence-electron chi connectivity index (χ3n) is 3.96. The number of carbonyl (C=O) groups is 1. The largest absolute Gasteiger partial charge is 0.357 e. The van der Waals surface area contributed by atoms with Gasteiger partial charge in [-0.15, -0.1) is 24.0 Å². The highest BCUT2D eigenvalue weighted by Crippen LogP contribution is 2.13. The molecule has 0 radical (unpaired) electrons. The summed E-state index contributed by atoms with van der Waals surface area (Å²) in [7, 11) is -3.06. The van der Waals surface area contributed by atoms with E-state index in [0.29, 0.717) is 37.2 Å². The SMILES string of the molecule is CCNC(=NCCS(C)(=O)=O)N1CCN(Cc2ccc(Cl)cc2)C(=O)C1.I. The summed E-state index contributed by atoms with van der Waals surface area (Å²) in [5, 5.41) is 3.80. The van der Waals surface area contributed by atoms with Gasteiger partial charge in [-0.3, -0.25) is 9.79 Å². The number of halogens is 2. The first-order valence-electron chi connectivity index (χ1n) is 8.51. The molecule has 1 heterocycles. The summed E-state index contributed by atoms with van der Waals surface area (Å²) in [6, 6.07) is 7.46. The lowest BCUT2D eigenvalue weighted by Crippen LogP contribution is -2.55. The zero-order chi connectivity index (χ0) is 19.2. The van der Waals surface area contributed by atoms with Gasteiger partial charge in [-0.1, -0.05) is 23.7 Å². The van der Waals surface area contributed by atoms with Crippen molar-refractivity contribution >= 4 is 57.3 Å². The molecule has 1 aromatic rings. The van der Waals surface area contributed by atoms with Crippen molar-refractivity contribution in [1.82, 2.24) is 15.1 Å². The number of rotatable bonds is 6. The number of hydrogen-bond acceptors (Lipinski definition) is 4. The molecule has 7 nitrogen and oxygen atoms in total. The maximum Gasteiger partial charge on any atom is 0.242 e. The number of guanidine groups is 1. The van der Waals surface area contributed by atoms with Crippen molar-refractivity contribution in [2.45, 2.75) is 13.5 Å². The van der Waals surface area contributed by atoms with Gasteiger partial charge in [-0.2, -0.15) is 0 Å². The van der Waals surface area contributed by atoms with Crippen LogP contribution in [0.4, 0.5) is 0 Å². The molecule has 10 heteroatoms. The lowest BCUT2D eigenvalue weighted by molar-refractivity contribution is -0.135. The van der Waals surface area contributed by atoms with Crippen LogP contribution in [0, 0.1) is 0 Å². The van der Waals surface area contributed by atoms with Gasteiger partial charge in [-0.05, 0) is 24.6 Å². The van der Waals surface area contributed by atoms with E-state index in [4.69, 9.17) is 11.6 Å². The number of hydrogen-bond donors (Lipinski definition) is 1. The molecule has 1 saturated heterocycles. The second-order valence-electron chi connectivity index (χ2n) is 6.23. The number of nitrogens with one attached hydrogen (secondary N) is 1. The zero-order valence-electron chi connectivity index (χ0n) is 15.5. The Labute approximate surface area is 183 Å². The van der Waals surface area contributed by atoms with Crippen molar-refractivity contribution in [2.75, 3.05) is 44.7 Å². The molecule has 0 atom stereocenters. The predicted octanol–water partition coefficient (Wildman–Crippen LogP) is 1.61. The monoisotopic (exact) mass is 528 g/mol. The number of aliphatic imine (C=N–C) groups is 1. The van der Waals surface area contributed by atoms with Gasteiger partial charge in [0.2, 0.25) is 5.91 Å². The molecule has 0 bridgehead atoms. The molecule has 2 rings (SSSR count). The van der Waals surface area contributed by atoms with Gasteiger partial charge in [0.1, 0.15) is 9.84 Å². The highest BCUT2D eigenvalue weighted by Gasteiger charge is 2.26. The van der Waals surface area contributed by atoms with E-state index < -0.39 is 9.84 Å². The molecule has 152 valence electrons. The molecular weight excluding hydrogens is 503 g/mol. The zero-order valence-corrected chi connectivity index (χ0v) is 19.4. The van der Waals surface area contributed by atoms with E-state index in [1.54, 1.807) is 4.90 Å². The van der Waals surface area contributed by atoms with Gasteiger partial charge >= 0.3 is 0 Å². The minimum Gasteiger partial charge on any atom is -0.357 e. The van der Waals surface area contributed by atoms with Crippen molar-refractivity contribution in [3.05, 3.63) is 34.9 Å². The van der Waals surface area contributed by atoms with Crippen LogP contribution >= 0.6 is 35.6 Å². The summed E-state index contributed by atoms with van der Waals surface area (Å²) < 4.78 is 22.5. The van der Waals surface area contributed by atoms with Crippen LogP contribution in [0.2, 0.25) is 5.02 Å². The summed E-state index contributed by atoms with van der Waals surface area (Å²) in [6.07, 6.45) is 1.19. The highest BCUT2D eigenvalue weighted by atomic mass is 127. The fourth-order valence-electron chi connectivity index (χ4n) is 2.61. The molecule has 0 saturated carbocycles. The van der Waals surface area contributed by atoms with Crippen LogP contribution in [0.3, 0.4) is 0 Å². The Bertz CT molecular complexity index is 756. The van der Waals surface area contributed by atoms with E-state index in [2.05, 4.69) is 10.3 Å². The molecule has 1 aromatic carbocycles. The molecule has 1 fully saturated rings. The fraction of sp³-hybridized carbons (Fsp3) is 0.529. The molecule has 0 aromatic heterocycles. The van der Waals surface area contributed by atoms with E-state index in [-0.39, 0.29) is 48.7 Å². The second kappa shape index (κ2) is 11.1. The Balaban J connectivity index is 0.00000364. The minimum atomic E-state index is -3.06. The van der Waals surface area contributed by atoms with E-state index >= 15 is 0 Å². The average Bonchev–Trinajstić information content (AvgIpc) is 2.57. The number of carbonyl (C=O) groups excluding carboxylic acids is 1. The van der Waals surface area contributed by atoms with E-state index in [1.807, 2.05) is 36.1 Å². The van der Waals surface area contributed by atoms with Gasteiger partial charge in [0.15, 0.2) is 5.96 Å². The lowest BCUT2D eigenvalue weighted by atomic mass is 10.2. The molecule has 1 aliphatic rings. The third kappa shape index (κ3) is 8.22. The first-order chi connectivity index (χ1) is 12.3. The standard InChI is InChI=1S/C17H25ClN4O3S.HI/c1-3-19-17(20-8-11-26(2,24)25)22-10-9-21(16(23)13-22)12-14-4-6-15(18)7-5-14;/h4-7H,3,8-13H2,1-2H3,(H,19,20);1H. The Kier molecular flexibility index (Phi) is 9.82. The van der Waals surface area contributed by atoms with Crippen LogP contribution in [0.25, 0.3) is 0 Å². The van der Waals surface area contributed by atoms with Crippen molar-refractivity contribution in [3.8, 4) is 0 Å². The van der Waals surface area contributed by atoms with Gasteiger partial charge in [0.25, 0.3) is 0 Å². The van der Waals surface area contributed by atoms with Crippen molar-refractivity contribution in [3.63, 3.8) is 0 Å². The Morgan fingerprint density at radius 3 is 2.48 bits per heavy atom. The summed E-state index contributed by atoms with van der Waals surface area (Å²) in [5.74, 6) is 0.586. The van der Waals surface area contributed by atoms with Crippen LogP contribution in [-0.4, -0.2) is 74.8 Å². The molecule has 0 spiro atoms. The molecule has 1 N–H and O–H groups in total. The van der Waals surface area contributed by atoms with Crippen LogP contribution in [-0.2, 0) is 21.2 Å². The molecule has 0 unspecified atom stereocenters. The maximum atomic E-state index is 12.5. The van der Waals surface area contributed by atoms with Gasteiger partial charge in [0, 0.05) is 37.5 Å². The summed E-state index contributed by atoms with van der Waals surface area (Å²) in [4.78, 5) is 20.5. The number of piperazine rings is 1. The van der Waals surface area contributed by atoms with E-state index in [0.717, 1.165) is 5.56 Å². The molecular formula is C17H26ClIN4O3S. The number of sulfone groups is 1. The van der Waals surface area contributed by atoms with Crippen molar-refractivity contribution < 1.29 is 13.2 Å². The summed E-state index contributed by atoms with van der Waals surface area (Å²) in [5.41, 5.74) is 1.03. The normalized spacial score (nSPS) is 15.5. The summed E-state index contributed by atoms with van der Waals surface area (Å²) >= 11 is 5.89. The van der Waals surface area contributed by atoms with Gasteiger partial charge < -0.3 is 15.1 Å².